The van der Waals surface area contributed by atoms with Crippen LogP contribution in [0.3, 0.4) is 0 Å². The molecule has 1 atom stereocenters. The summed E-state index contributed by atoms with van der Waals surface area (Å²) in [5.74, 6) is 0.644. The molecule has 0 saturated carbocycles. The number of aromatic nitrogens is 1. The van der Waals surface area contributed by atoms with Crippen LogP contribution < -0.4 is 16.0 Å². The molecule has 1 saturated heterocycles. The topological polar surface area (TPSA) is 89.7 Å². The Morgan fingerprint density at radius 2 is 2.33 bits per heavy atom. The van der Waals surface area contributed by atoms with Crippen molar-refractivity contribution in [3.63, 3.8) is 0 Å². The molecule has 1 aromatic rings. The van der Waals surface area contributed by atoms with E-state index in [-0.39, 0.29) is 18.4 Å². The Kier molecular flexibility index (Phi) is 5.91. The first kappa shape index (κ1) is 15.7. The molecule has 0 aliphatic carbocycles. The number of hydrogen-bond donors (Lipinski definition) is 2. The van der Waals surface area contributed by atoms with Gasteiger partial charge in [-0.05, 0) is 12.1 Å². The van der Waals surface area contributed by atoms with Gasteiger partial charge in [0.05, 0.1) is 31.4 Å². The summed E-state index contributed by atoms with van der Waals surface area (Å²) in [6, 6.07) is 3.65. The lowest BCUT2D eigenvalue weighted by Gasteiger charge is -2.29. The predicted molar refractivity (Wildman–Crippen MR) is 80.4 cm³/mol. The van der Waals surface area contributed by atoms with Gasteiger partial charge in [-0.25, -0.2) is 4.98 Å². The van der Waals surface area contributed by atoms with Crippen molar-refractivity contribution in [2.75, 3.05) is 50.2 Å². The molecule has 7 heteroatoms. The van der Waals surface area contributed by atoms with Crippen LogP contribution in [0.5, 0.6) is 0 Å². The maximum absolute atomic E-state index is 12.1. The zero-order chi connectivity index (χ0) is 15.1. The maximum Gasteiger partial charge on any atom is 0.227 e. The molecule has 0 spiro atoms. The SMILES string of the molecule is COC(CN)CC(=O)Nc1cccnc1N1CCOCC1. The summed E-state index contributed by atoms with van der Waals surface area (Å²) in [6.07, 6.45) is 1.68. The summed E-state index contributed by atoms with van der Waals surface area (Å²) in [7, 11) is 1.55. The Morgan fingerprint density at radius 1 is 1.57 bits per heavy atom. The minimum atomic E-state index is -0.270. The van der Waals surface area contributed by atoms with Crippen LogP contribution in [0.4, 0.5) is 11.5 Å². The van der Waals surface area contributed by atoms with Crippen molar-refractivity contribution >= 4 is 17.4 Å². The van der Waals surface area contributed by atoms with Crippen molar-refractivity contribution in [2.45, 2.75) is 12.5 Å². The molecular formula is C14H22N4O3. The highest BCUT2D eigenvalue weighted by Crippen LogP contribution is 2.23. The second-order valence-electron chi connectivity index (χ2n) is 4.82. The molecule has 21 heavy (non-hydrogen) atoms. The minimum Gasteiger partial charge on any atom is -0.380 e. The van der Waals surface area contributed by atoms with Crippen LogP contribution in [0.1, 0.15) is 6.42 Å². The zero-order valence-electron chi connectivity index (χ0n) is 12.2. The molecule has 7 nitrogen and oxygen atoms in total. The number of carbonyl (C=O) groups excluding carboxylic acids is 1. The third-order valence-corrected chi connectivity index (χ3v) is 3.38. The van der Waals surface area contributed by atoms with E-state index >= 15 is 0 Å². The van der Waals surface area contributed by atoms with Gasteiger partial charge in [0, 0.05) is 32.9 Å². The van der Waals surface area contributed by atoms with Crippen molar-refractivity contribution in [1.82, 2.24) is 4.98 Å². The molecule has 0 radical (unpaired) electrons. The van der Waals surface area contributed by atoms with E-state index in [4.69, 9.17) is 15.2 Å². The molecule has 1 unspecified atom stereocenters. The van der Waals surface area contributed by atoms with Crippen molar-refractivity contribution in [3.8, 4) is 0 Å². The van der Waals surface area contributed by atoms with Crippen molar-refractivity contribution < 1.29 is 14.3 Å². The number of nitrogens with two attached hydrogens (primary N) is 1. The maximum atomic E-state index is 12.1. The number of carbonyl (C=O) groups is 1. The summed E-state index contributed by atoms with van der Waals surface area (Å²) in [5.41, 5.74) is 6.24. The summed E-state index contributed by atoms with van der Waals surface area (Å²) in [4.78, 5) is 18.5. The summed E-state index contributed by atoms with van der Waals surface area (Å²) >= 11 is 0. The number of nitrogens with zero attached hydrogens (tertiary/aromatic N) is 2. The molecule has 3 N–H and O–H groups in total. The number of ether oxygens (including phenoxy) is 2. The Hall–Kier alpha value is -1.70. The Labute approximate surface area is 124 Å². The molecule has 1 amide bonds. The molecular weight excluding hydrogens is 272 g/mol. The zero-order valence-corrected chi connectivity index (χ0v) is 12.2. The van der Waals surface area contributed by atoms with E-state index in [1.807, 2.05) is 6.07 Å². The van der Waals surface area contributed by atoms with E-state index in [9.17, 15) is 4.79 Å². The first-order valence-electron chi connectivity index (χ1n) is 7.05. The quantitative estimate of drug-likeness (QED) is 0.780. The van der Waals surface area contributed by atoms with Crippen LogP contribution in [-0.2, 0) is 14.3 Å². The highest BCUT2D eigenvalue weighted by Gasteiger charge is 2.18. The van der Waals surface area contributed by atoms with Crippen molar-refractivity contribution in [1.29, 1.82) is 0 Å². The highest BCUT2D eigenvalue weighted by atomic mass is 16.5. The van der Waals surface area contributed by atoms with E-state index in [0.29, 0.717) is 25.4 Å². The second kappa shape index (κ2) is 7.92. The fourth-order valence-electron chi connectivity index (χ4n) is 2.19. The Morgan fingerprint density at radius 3 is 3.00 bits per heavy atom. The van der Waals surface area contributed by atoms with Gasteiger partial charge in [0.15, 0.2) is 5.82 Å². The van der Waals surface area contributed by atoms with Crippen LogP contribution in [0.15, 0.2) is 18.3 Å². The number of rotatable bonds is 6. The van der Waals surface area contributed by atoms with E-state index < -0.39 is 0 Å². The fraction of sp³-hybridized carbons (Fsp3) is 0.571. The molecule has 0 aromatic carbocycles. The standard InChI is InChI=1S/C14H22N4O3/c1-20-11(10-15)9-13(19)17-12-3-2-4-16-14(12)18-5-7-21-8-6-18/h2-4,11H,5-10,15H2,1H3,(H,17,19). The normalized spacial score (nSPS) is 16.6. The van der Waals surface area contributed by atoms with Crippen LogP contribution in [-0.4, -0.2) is 57.0 Å². The van der Waals surface area contributed by atoms with E-state index in [1.165, 1.54) is 0 Å². The number of morpholine rings is 1. The lowest BCUT2D eigenvalue weighted by Crippen LogP contribution is -2.37. The van der Waals surface area contributed by atoms with Gasteiger partial charge in [-0.15, -0.1) is 0 Å². The minimum absolute atomic E-state index is 0.130. The number of nitrogens with one attached hydrogen (secondary N) is 1. The van der Waals surface area contributed by atoms with Gasteiger partial charge in [0.1, 0.15) is 0 Å². The first-order chi connectivity index (χ1) is 10.2. The van der Waals surface area contributed by atoms with Gasteiger partial charge < -0.3 is 25.4 Å². The number of hydrogen-bond acceptors (Lipinski definition) is 6. The highest BCUT2D eigenvalue weighted by molar-refractivity contribution is 5.93. The molecule has 2 heterocycles. The monoisotopic (exact) mass is 294 g/mol. The average Bonchev–Trinajstić information content (AvgIpc) is 2.54. The lowest BCUT2D eigenvalue weighted by atomic mass is 10.2. The fourth-order valence-corrected chi connectivity index (χ4v) is 2.19. The van der Waals surface area contributed by atoms with Gasteiger partial charge in [0.25, 0.3) is 0 Å². The number of pyridine rings is 1. The largest absolute Gasteiger partial charge is 0.380 e. The summed E-state index contributed by atoms with van der Waals surface area (Å²) in [5, 5.41) is 2.89. The van der Waals surface area contributed by atoms with Crippen LogP contribution in [0.25, 0.3) is 0 Å². The number of anilines is 2. The van der Waals surface area contributed by atoms with E-state index in [1.54, 1.807) is 19.4 Å². The van der Waals surface area contributed by atoms with Gasteiger partial charge in [-0.3, -0.25) is 4.79 Å². The number of methoxy groups -OCH3 is 1. The molecule has 0 bridgehead atoms. The molecule has 1 aromatic heterocycles. The third-order valence-electron chi connectivity index (χ3n) is 3.38. The molecule has 2 rings (SSSR count). The van der Waals surface area contributed by atoms with Gasteiger partial charge >= 0.3 is 0 Å². The number of amides is 1. The van der Waals surface area contributed by atoms with Gasteiger partial charge in [-0.2, -0.15) is 0 Å². The first-order valence-corrected chi connectivity index (χ1v) is 7.05. The lowest BCUT2D eigenvalue weighted by molar-refractivity contribution is -0.118. The van der Waals surface area contributed by atoms with Crippen molar-refractivity contribution in [3.05, 3.63) is 18.3 Å². The smallest absolute Gasteiger partial charge is 0.227 e. The van der Waals surface area contributed by atoms with E-state index in [2.05, 4.69) is 15.2 Å². The van der Waals surface area contributed by atoms with Crippen LogP contribution >= 0.6 is 0 Å². The van der Waals surface area contributed by atoms with E-state index in [0.717, 1.165) is 18.9 Å². The molecule has 116 valence electrons. The molecule has 1 aliphatic rings. The average molecular weight is 294 g/mol. The second-order valence-corrected chi connectivity index (χ2v) is 4.82. The summed E-state index contributed by atoms with van der Waals surface area (Å²) in [6.45, 7) is 3.19. The molecule has 1 aliphatic heterocycles. The van der Waals surface area contributed by atoms with Gasteiger partial charge in [0.2, 0.25) is 5.91 Å². The predicted octanol–water partition coefficient (Wildman–Crippen LogP) is 0.221. The van der Waals surface area contributed by atoms with Gasteiger partial charge in [-0.1, -0.05) is 0 Å². The summed E-state index contributed by atoms with van der Waals surface area (Å²) < 4.78 is 10.5. The molecule has 1 fully saturated rings. The van der Waals surface area contributed by atoms with Crippen molar-refractivity contribution in [2.24, 2.45) is 5.73 Å². The van der Waals surface area contributed by atoms with Crippen LogP contribution in [0.2, 0.25) is 0 Å². The third kappa shape index (κ3) is 4.38. The van der Waals surface area contributed by atoms with Crippen LogP contribution in [0, 0.1) is 0 Å². The Bertz CT molecular complexity index is 459. The Balaban J connectivity index is 2.04.